The fourth-order valence-electron chi connectivity index (χ4n) is 3.34. The molecule has 0 aromatic carbocycles. The highest BCUT2D eigenvalue weighted by Gasteiger charge is 2.46. The second kappa shape index (κ2) is 10.9. The van der Waals surface area contributed by atoms with Gasteiger partial charge in [0.1, 0.15) is 11.6 Å². The minimum atomic E-state index is -1.27. The molecule has 2 heterocycles. The predicted molar refractivity (Wildman–Crippen MR) is 98.3 cm³/mol. The van der Waals surface area contributed by atoms with E-state index < -0.39 is 35.4 Å². The number of hydrogen-bond acceptors (Lipinski definition) is 7. The first-order valence-electron chi connectivity index (χ1n) is 9.31. The number of amides is 1. The second-order valence-electron chi connectivity index (χ2n) is 7.06. The molecule has 2 saturated heterocycles. The van der Waals surface area contributed by atoms with Crippen LogP contribution in [0.5, 0.6) is 0 Å². The van der Waals surface area contributed by atoms with E-state index in [0.29, 0.717) is 0 Å². The fourth-order valence-corrected chi connectivity index (χ4v) is 3.34. The van der Waals surface area contributed by atoms with Gasteiger partial charge >= 0.3 is 17.9 Å². The lowest BCUT2D eigenvalue weighted by Gasteiger charge is -2.37. The molecule has 0 aliphatic carbocycles. The highest BCUT2D eigenvalue weighted by molar-refractivity contribution is 5.84. The Labute approximate surface area is 163 Å². The molecule has 160 valence electrons. The summed E-state index contributed by atoms with van der Waals surface area (Å²) in [4.78, 5) is 42.6. The largest absolute Gasteiger partial charge is 0.481 e. The molecular weight excluding hydrogens is 372 g/mol. The van der Waals surface area contributed by atoms with Gasteiger partial charge in [0.25, 0.3) is 0 Å². The third-order valence-corrected chi connectivity index (χ3v) is 4.95. The zero-order chi connectivity index (χ0) is 21.3. The molecule has 2 fully saturated rings. The van der Waals surface area contributed by atoms with Crippen LogP contribution in [0.15, 0.2) is 0 Å². The van der Waals surface area contributed by atoms with Gasteiger partial charge < -0.3 is 26.4 Å². The third-order valence-electron chi connectivity index (χ3n) is 4.95. The summed E-state index contributed by atoms with van der Waals surface area (Å²) >= 11 is 0. The SMILES string of the molecule is C[C@@]1(C(=O)O)CCCN1N1CCCC1.NCC(=O)N[C@@H](CCC(=O)O)C(=O)O. The number of hydrazine groups is 1. The van der Waals surface area contributed by atoms with E-state index in [1.165, 1.54) is 12.8 Å². The topological polar surface area (TPSA) is 173 Å². The number of aliphatic carboxylic acids is 3. The van der Waals surface area contributed by atoms with Crippen LogP contribution in [-0.4, -0.2) is 86.9 Å². The maximum atomic E-state index is 11.2. The zero-order valence-corrected chi connectivity index (χ0v) is 16.1. The molecule has 0 unspecified atom stereocenters. The van der Waals surface area contributed by atoms with Crippen molar-refractivity contribution in [1.29, 1.82) is 0 Å². The summed E-state index contributed by atoms with van der Waals surface area (Å²) < 4.78 is 0. The van der Waals surface area contributed by atoms with Crippen molar-refractivity contribution in [2.24, 2.45) is 5.73 Å². The number of nitrogens with two attached hydrogens (primary N) is 1. The van der Waals surface area contributed by atoms with Gasteiger partial charge in [-0.05, 0) is 39.0 Å². The molecule has 6 N–H and O–H groups in total. The van der Waals surface area contributed by atoms with Crippen molar-refractivity contribution in [1.82, 2.24) is 15.3 Å². The van der Waals surface area contributed by atoms with Gasteiger partial charge in [-0.1, -0.05) is 0 Å². The van der Waals surface area contributed by atoms with Crippen LogP contribution in [0, 0.1) is 0 Å². The number of carboxylic acids is 3. The van der Waals surface area contributed by atoms with Crippen LogP contribution in [0.2, 0.25) is 0 Å². The minimum absolute atomic E-state index is 0.156. The summed E-state index contributed by atoms with van der Waals surface area (Å²) in [5.74, 6) is -3.68. The summed E-state index contributed by atoms with van der Waals surface area (Å²) in [7, 11) is 0. The molecule has 0 bridgehead atoms. The van der Waals surface area contributed by atoms with Gasteiger partial charge in [-0.25, -0.2) is 14.8 Å². The van der Waals surface area contributed by atoms with E-state index in [9.17, 15) is 24.3 Å². The van der Waals surface area contributed by atoms with Crippen LogP contribution in [0.1, 0.15) is 45.4 Å². The van der Waals surface area contributed by atoms with Gasteiger partial charge in [0.15, 0.2) is 0 Å². The number of nitrogens with zero attached hydrogens (tertiary/aromatic N) is 2. The third kappa shape index (κ3) is 6.73. The lowest BCUT2D eigenvalue weighted by molar-refractivity contribution is -0.160. The van der Waals surface area contributed by atoms with Crippen molar-refractivity contribution in [3.05, 3.63) is 0 Å². The Hall–Kier alpha value is -2.24. The van der Waals surface area contributed by atoms with Crippen molar-refractivity contribution < 1.29 is 34.5 Å². The monoisotopic (exact) mass is 402 g/mol. The molecule has 2 aliphatic rings. The summed E-state index contributed by atoms with van der Waals surface area (Å²) in [6.07, 6.45) is 3.70. The average molecular weight is 402 g/mol. The van der Waals surface area contributed by atoms with Crippen molar-refractivity contribution >= 4 is 23.8 Å². The standard InChI is InChI=1S/C10H18N2O2.C7H12N2O5/c1-10(9(13)14)5-4-8-12(10)11-6-2-3-7-11;8-3-5(10)9-4(7(13)14)1-2-6(11)12/h2-8H2,1H3,(H,13,14);4H,1-3,8H2,(H,9,10)(H,11,12)(H,13,14)/t10-;4-/m00/s1. The number of rotatable bonds is 8. The normalized spacial score (nSPS) is 23.5. The highest BCUT2D eigenvalue weighted by Crippen LogP contribution is 2.32. The number of hydrogen-bond donors (Lipinski definition) is 5. The van der Waals surface area contributed by atoms with Crippen LogP contribution in [0.3, 0.4) is 0 Å². The van der Waals surface area contributed by atoms with Crippen molar-refractivity contribution in [3.63, 3.8) is 0 Å². The second-order valence-corrected chi connectivity index (χ2v) is 7.06. The van der Waals surface area contributed by atoms with Gasteiger partial charge in [-0.3, -0.25) is 14.4 Å². The van der Waals surface area contributed by atoms with E-state index in [1.54, 1.807) is 0 Å². The highest BCUT2D eigenvalue weighted by atomic mass is 16.4. The molecule has 0 saturated carbocycles. The van der Waals surface area contributed by atoms with Crippen LogP contribution < -0.4 is 11.1 Å². The van der Waals surface area contributed by atoms with E-state index in [0.717, 1.165) is 32.5 Å². The molecule has 0 aromatic rings. The molecule has 28 heavy (non-hydrogen) atoms. The number of nitrogens with one attached hydrogen (secondary N) is 1. The maximum absolute atomic E-state index is 11.2. The average Bonchev–Trinajstić information content (AvgIpc) is 3.28. The molecular formula is C17H30N4O7. The molecule has 11 nitrogen and oxygen atoms in total. The Morgan fingerprint density at radius 2 is 1.68 bits per heavy atom. The molecule has 2 atom stereocenters. The molecule has 0 radical (unpaired) electrons. The van der Waals surface area contributed by atoms with Gasteiger partial charge in [0, 0.05) is 26.1 Å². The number of carbonyl (C=O) groups excluding carboxylic acids is 1. The summed E-state index contributed by atoms with van der Waals surface area (Å²) in [5.41, 5.74) is 4.31. The van der Waals surface area contributed by atoms with Gasteiger partial charge in [-0.15, -0.1) is 0 Å². The van der Waals surface area contributed by atoms with Crippen LogP contribution >= 0.6 is 0 Å². The van der Waals surface area contributed by atoms with E-state index >= 15 is 0 Å². The summed E-state index contributed by atoms with van der Waals surface area (Å²) in [6.45, 7) is 4.49. The van der Waals surface area contributed by atoms with Crippen molar-refractivity contribution in [2.75, 3.05) is 26.2 Å². The Morgan fingerprint density at radius 3 is 2.14 bits per heavy atom. The predicted octanol–water partition coefficient (Wildman–Crippen LogP) is -0.684. The Morgan fingerprint density at radius 1 is 1.07 bits per heavy atom. The molecule has 11 heteroatoms. The summed E-state index contributed by atoms with van der Waals surface area (Å²) in [6, 6.07) is -1.19. The van der Waals surface area contributed by atoms with Gasteiger partial charge in [-0.2, -0.15) is 0 Å². The fraction of sp³-hybridized carbons (Fsp3) is 0.765. The quantitative estimate of drug-likeness (QED) is 0.350. The molecule has 1 amide bonds. The van der Waals surface area contributed by atoms with Crippen LogP contribution in [0.4, 0.5) is 0 Å². The first-order valence-corrected chi connectivity index (χ1v) is 9.31. The molecule has 0 aromatic heterocycles. The van der Waals surface area contributed by atoms with E-state index in [4.69, 9.17) is 15.9 Å². The van der Waals surface area contributed by atoms with Crippen LogP contribution in [-0.2, 0) is 19.2 Å². The molecule has 0 spiro atoms. The Kier molecular flexibility index (Phi) is 9.29. The molecule has 2 rings (SSSR count). The summed E-state index contributed by atoms with van der Waals surface area (Å²) in [5, 5.41) is 32.5. The van der Waals surface area contributed by atoms with Crippen molar-refractivity contribution in [3.8, 4) is 0 Å². The molecule has 2 aliphatic heterocycles. The first kappa shape index (κ1) is 23.8. The van der Waals surface area contributed by atoms with E-state index in [1.807, 2.05) is 6.92 Å². The number of carboxylic acid groups (broad SMARTS) is 3. The maximum Gasteiger partial charge on any atom is 0.326 e. The van der Waals surface area contributed by atoms with Gasteiger partial charge in [0.2, 0.25) is 5.91 Å². The lowest BCUT2D eigenvalue weighted by Crippen LogP contribution is -2.55. The Bertz CT molecular complexity index is 580. The van der Waals surface area contributed by atoms with Crippen LogP contribution in [0.25, 0.3) is 0 Å². The van der Waals surface area contributed by atoms with Gasteiger partial charge in [0.05, 0.1) is 6.54 Å². The van der Waals surface area contributed by atoms with E-state index in [2.05, 4.69) is 15.3 Å². The van der Waals surface area contributed by atoms with Crippen molar-refractivity contribution in [2.45, 2.75) is 57.0 Å². The number of carbonyl (C=O) groups is 4. The lowest BCUT2D eigenvalue weighted by atomic mass is 10.0. The minimum Gasteiger partial charge on any atom is -0.481 e. The zero-order valence-electron chi connectivity index (χ0n) is 16.1. The first-order chi connectivity index (χ1) is 13.1. The van der Waals surface area contributed by atoms with E-state index in [-0.39, 0.29) is 19.4 Å². The smallest absolute Gasteiger partial charge is 0.326 e. The Balaban J connectivity index is 0.000000280.